The van der Waals surface area contributed by atoms with Crippen LogP contribution in [0.3, 0.4) is 0 Å². The number of carbonyl (C=O) groups excluding carboxylic acids is 2. The lowest BCUT2D eigenvalue weighted by molar-refractivity contribution is 0.0586. The summed E-state index contributed by atoms with van der Waals surface area (Å²) in [5.74, 6) is -0.797. The molecule has 6 aromatic rings. The van der Waals surface area contributed by atoms with Gasteiger partial charge in [0.25, 0.3) is 0 Å². The number of ether oxygens (including phenoxy) is 2. The Morgan fingerprint density at radius 2 is 0.895 bits per heavy atom. The number of aromatic nitrogens is 2. The summed E-state index contributed by atoms with van der Waals surface area (Å²) in [5.41, 5.74) is 4.74. The van der Waals surface area contributed by atoms with Crippen LogP contribution in [0.2, 0.25) is 0 Å². The minimum atomic E-state index is -0.398. The molecule has 4 aromatic carbocycles. The van der Waals surface area contributed by atoms with Gasteiger partial charge in [-0.25, -0.2) is 9.59 Å². The molecular formula is C32H32N2O4. The SMILES string of the molecule is COC(=O)c1cc2c3cc(C(C)(C)C)cc4c5[nH]c(C(=O)OC)cc5c5cc(C(C)(C)C)cc(c2[nH]1)c5c34. The van der Waals surface area contributed by atoms with Crippen molar-refractivity contribution in [2.24, 2.45) is 0 Å². The van der Waals surface area contributed by atoms with E-state index in [9.17, 15) is 9.59 Å². The van der Waals surface area contributed by atoms with Crippen molar-refractivity contribution in [3.05, 3.63) is 58.9 Å². The molecule has 0 amide bonds. The zero-order valence-electron chi connectivity index (χ0n) is 23.1. The van der Waals surface area contributed by atoms with Crippen molar-refractivity contribution in [3.63, 3.8) is 0 Å². The molecule has 0 saturated heterocycles. The first-order valence-electron chi connectivity index (χ1n) is 12.8. The Bertz CT molecular complexity index is 1700. The molecule has 0 radical (unpaired) electrons. The van der Waals surface area contributed by atoms with E-state index in [0.29, 0.717) is 11.4 Å². The maximum absolute atomic E-state index is 12.6. The normalized spacial score (nSPS) is 12.9. The first kappa shape index (κ1) is 24.3. The Morgan fingerprint density at radius 3 is 1.21 bits per heavy atom. The second-order valence-corrected chi connectivity index (χ2v) is 12.3. The third-order valence-corrected chi connectivity index (χ3v) is 7.82. The summed E-state index contributed by atoms with van der Waals surface area (Å²) in [7, 11) is 2.80. The highest BCUT2D eigenvalue weighted by Gasteiger charge is 2.26. The lowest BCUT2D eigenvalue weighted by Crippen LogP contribution is -2.12. The maximum Gasteiger partial charge on any atom is 0.354 e. The smallest absolute Gasteiger partial charge is 0.354 e. The number of hydrogen-bond acceptors (Lipinski definition) is 4. The average molecular weight is 509 g/mol. The highest BCUT2D eigenvalue weighted by molar-refractivity contribution is 6.40. The maximum atomic E-state index is 12.6. The average Bonchev–Trinajstić information content (AvgIpc) is 3.51. The Balaban J connectivity index is 1.96. The van der Waals surface area contributed by atoms with Gasteiger partial charge in [0.05, 0.1) is 25.3 Å². The Morgan fingerprint density at radius 1 is 0.553 bits per heavy atom. The van der Waals surface area contributed by atoms with E-state index in [1.165, 1.54) is 14.2 Å². The van der Waals surface area contributed by atoms with Crippen molar-refractivity contribution >= 4 is 66.1 Å². The summed E-state index contributed by atoms with van der Waals surface area (Å²) in [6.07, 6.45) is 0. The molecule has 6 rings (SSSR count). The van der Waals surface area contributed by atoms with Crippen LogP contribution in [-0.4, -0.2) is 36.1 Å². The van der Waals surface area contributed by atoms with Crippen molar-refractivity contribution in [2.45, 2.75) is 52.4 Å². The number of esters is 2. The van der Waals surface area contributed by atoms with E-state index < -0.39 is 11.9 Å². The summed E-state index contributed by atoms with van der Waals surface area (Å²) in [5, 5.41) is 8.37. The Labute approximate surface area is 220 Å². The van der Waals surface area contributed by atoms with Gasteiger partial charge in [0.15, 0.2) is 0 Å². The number of fused-ring (bicyclic) bond motifs is 6. The minimum Gasteiger partial charge on any atom is -0.464 e. The number of benzene rings is 4. The molecule has 0 bridgehead atoms. The summed E-state index contributed by atoms with van der Waals surface area (Å²) in [4.78, 5) is 32.0. The van der Waals surface area contributed by atoms with Crippen LogP contribution < -0.4 is 0 Å². The van der Waals surface area contributed by atoms with Crippen molar-refractivity contribution in [3.8, 4) is 0 Å². The van der Waals surface area contributed by atoms with Gasteiger partial charge in [-0.05, 0) is 69.1 Å². The molecule has 2 N–H and O–H groups in total. The third kappa shape index (κ3) is 3.32. The van der Waals surface area contributed by atoms with Crippen LogP contribution in [0.1, 0.15) is 73.6 Å². The number of hydrogen-bond donors (Lipinski definition) is 2. The van der Waals surface area contributed by atoms with E-state index >= 15 is 0 Å². The second-order valence-electron chi connectivity index (χ2n) is 12.3. The molecule has 38 heavy (non-hydrogen) atoms. The van der Waals surface area contributed by atoms with Crippen molar-refractivity contribution in [1.29, 1.82) is 0 Å². The van der Waals surface area contributed by atoms with Gasteiger partial charge in [0.2, 0.25) is 0 Å². The topological polar surface area (TPSA) is 84.2 Å². The molecule has 2 aromatic heterocycles. The molecule has 0 spiro atoms. The van der Waals surface area contributed by atoms with Gasteiger partial charge in [-0.3, -0.25) is 0 Å². The number of carbonyl (C=O) groups is 2. The number of methoxy groups -OCH3 is 2. The quantitative estimate of drug-likeness (QED) is 0.185. The first-order valence-corrected chi connectivity index (χ1v) is 12.8. The van der Waals surface area contributed by atoms with Gasteiger partial charge < -0.3 is 19.4 Å². The molecule has 6 nitrogen and oxygen atoms in total. The van der Waals surface area contributed by atoms with E-state index in [1.54, 1.807) is 0 Å². The van der Waals surface area contributed by atoms with Crippen molar-refractivity contribution in [2.75, 3.05) is 14.2 Å². The number of rotatable bonds is 2. The van der Waals surface area contributed by atoms with Crippen LogP contribution >= 0.6 is 0 Å². The van der Waals surface area contributed by atoms with Crippen molar-refractivity contribution < 1.29 is 19.1 Å². The molecular weight excluding hydrogens is 476 g/mol. The van der Waals surface area contributed by atoms with Crippen LogP contribution in [0.4, 0.5) is 0 Å². The highest BCUT2D eigenvalue weighted by atomic mass is 16.5. The van der Waals surface area contributed by atoms with Crippen LogP contribution in [0.25, 0.3) is 54.1 Å². The van der Waals surface area contributed by atoms with Gasteiger partial charge in [-0.1, -0.05) is 41.5 Å². The number of H-pyrrole nitrogens is 2. The van der Waals surface area contributed by atoms with E-state index in [4.69, 9.17) is 9.47 Å². The van der Waals surface area contributed by atoms with E-state index in [-0.39, 0.29) is 10.8 Å². The zero-order valence-corrected chi connectivity index (χ0v) is 23.1. The van der Waals surface area contributed by atoms with Gasteiger partial charge in [-0.15, -0.1) is 0 Å². The lowest BCUT2D eigenvalue weighted by Gasteiger charge is -2.24. The molecule has 6 heteroatoms. The van der Waals surface area contributed by atoms with Crippen LogP contribution in [-0.2, 0) is 20.3 Å². The molecule has 0 saturated carbocycles. The van der Waals surface area contributed by atoms with Crippen LogP contribution in [0.15, 0.2) is 36.4 Å². The molecule has 0 unspecified atom stereocenters. The standard InChI is InChI=1S/C32H32N2O4/c1-31(2,3)15-9-17-19-13-23(29(35)37-7)34-28(19)22-12-16(32(4,5)6)10-18-20-14-24(30(36)38-8)33-27(20)21(11-15)25(17)26(18)22/h9-14,33-34H,1-8H3. The van der Waals surface area contributed by atoms with Crippen LogP contribution in [0.5, 0.6) is 0 Å². The largest absolute Gasteiger partial charge is 0.464 e. The fourth-order valence-electron chi connectivity index (χ4n) is 5.71. The molecule has 0 atom stereocenters. The fourth-order valence-corrected chi connectivity index (χ4v) is 5.71. The van der Waals surface area contributed by atoms with Gasteiger partial charge in [0.1, 0.15) is 11.4 Å². The molecule has 0 aliphatic heterocycles. The van der Waals surface area contributed by atoms with Crippen LogP contribution in [0, 0.1) is 0 Å². The van der Waals surface area contributed by atoms with Gasteiger partial charge in [0, 0.05) is 32.3 Å². The summed E-state index contributed by atoms with van der Waals surface area (Å²) < 4.78 is 10.1. The van der Waals surface area contributed by atoms with E-state index in [0.717, 1.165) is 65.3 Å². The third-order valence-electron chi connectivity index (χ3n) is 7.82. The predicted molar refractivity (Wildman–Crippen MR) is 154 cm³/mol. The molecule has 0 aliphatic rings. The van der Waals surface area contributed by atoms with E-state index in [1.807, 2.05) is 12.1 Å². The first-order chi connectivity index (χ1) is 17.8. The Hall–Kier alpha value is -4.06. The highest BCUT2D eigenvalue weighted by Crippen LogP contribution is 2.47. The minimum absolute atomic E-state index is 0.123. The summed E-state index contributed by atoms with van der Waals surface area (Å²) in [6, 6.07) is 12.8. The molecule has 2 heterocycles. The summed E-state index contributed by atoms with van der Waals surface area (Å²) >= 11 is 0. The lowest BCUT2D eigenvalue weighted by atomic mass is 9.79. The number of aromatic amines is 2. The number of nitrogens with one attached hydrogen (secondary N) is 2. The molecule has 194 valence electrons. The van der Waals surface area contributed by atoms with Gasteiger partial charge in [-0.2, -0.15) is 0 Å². The molecule has 0 fully saturated rings. The Kier molecular flexibility index (Phi) is 4.94. The second kappa shape index (κ2) is 7.73. The fraction of sp³-hybridized carbons (Fsp3) is 0.312. The molecule has 0 aliphatic carbocycles. The predicted octanol–water partition coefficient (Wildman–Crippen LogP) is 7.71. The van der Waals surface area contributed by atoms with E-state index in [2.05, 4.69) is 75.8 Å². The zero-order chi connectivity index (χ0) is 27.3. The van der Waals surface area contributed by atoms with Gasteiger partial charge >= 0.3 is 11.9 Å². The monoisotopic (exact) mass is 508 g/mol. The van der Waals surface area contributed by atoms with Crippen molar-refractivity contribution in [1.82, 2.24) is 9.97 Å². The summed E-state index contributed by atoms with van der Waals surface area (Å²) in [6.45, 7) is 13.1.